The summed E-state index contributed by atoms with van der Waals surface area (Å²) in [6.45, 7) is 11.1. The molecule has 240 valence electrons. The van der Waals surface area contributed by atoms with E-state index in [2.05, 4.69) is 55.2 Å². The number of aliphatic carboxylic acids is 1. The quantitative estimate of drug-likeness (QED) is 0.165. The van der Waals surface area contributed by atoms with Crippen molar-refractivity contribution in [3.05, 3.63) is 102 Å². The number of benzene rings is 3. The Balaban J connectivity index is 1.44. The first-order chi connectivity index (χ1) is 21.9. The lowest BCUT2D eigenvalue weighted by atomic mass is 9.86. The van der Waals surface area contributed by atoms with Gasteiger partial charge in [0.05, 0.1) is 13.0 Å². The van der Waals surface area contributed by atoms with Gasteiger partial charge in [-0.15, -0.1) is 0 Å². The molecule has 1 aromatic heterocycles. The Hall–Kier alpha value is -5.05. The van der Waals surface area contributed by atoms with E-state index in [9.17, 15) is 14.4 Å². The minimum Gasteiger partial charge on any atom is -0.493 e. The summed E-state index contributed by atoms with van der Waals surface area (Å²) in [5, 5.41) is 14.4. The van der Waals surface area contributed by atoms with Crippen LogP contribution in [0.3, 0.4) is 0 Å². The van der Waals surface area contributed by atoms with Crippen molar-refractivity contribution in [3.63, 3.8) is 0 Å². The molecule has 4 aromatic rings. The maximum absolute atomic E-state index is 13.1. The van der Waals surface area contributed by atoms with E-state index in [-0.39, 0.29) is 30.7 Å². The number of nitrogens with one attached hydrogen (secondary N) is 2. The van der Waals surface area contributed by atoms with Gasteiger partial charge in [-0.3, -0.25) is 14.4 Å². The first kappa shape index (κ1) is 33.8. The van der Waals surface area contributed by atoms with Gasteiger partial charge < -0.3 is 20.5 Å². The predicted molar refractivity (Wildman–Crippen MR) is 179 cm³/mol. The summed E-state index contributed by atoms with van der Waals surface area (Å²) >= 11 is 0. The SMILES string of the molecule is CC(C)COc1ccc(-c2cnc(-c3ccc(C[C@H](NC(=O)c4ccc(C(C)(C)C)cc4)C(=O)NCCC(=O)O)cc3)nc2)cc1. The van der Waals surface area contributed by atoms with Crippen LogP contribution in [0, 0.1) is 5.92 Å². The maximum Gasteiger partial charge on any atom is 0.305 e. The zero-order valence-corrected chi connectivity index (χ0v) is 27.0. The van der Waals surface area contributed by atoms with Gasteiger partial charge in [-0.2, -0.15) is 0 Å². The first-order valence-electron chi connectivity index (χ1n) is 15.4. The molecule has 0 radical (unpaired) electrons. The van der Waals surface area contributed by atoms with Crippen LogP contribution >= 0.6 is 0 Å². The average Bonchev–Trinajstić information content (AvgIpc) is 3.03. The summed E-state index contributed by atoms with van der Waals surface area (Å²) in [5.41, 5.74) is 4.94. The Bertz CT molecular complexity index is 1610. The smallest absolute Gasteiger partial charge is 0.305 e. The third-order valence-electron chi connectivity index (χ3n) is 7.35. The Morgan fingerprint density at radius 2 is 1.43 bits per heavy atom. The topological polar surface area (TPSA) is 131 Å². The molecule has 0 saturated heterocycles. The number of hydrogen-bond acceptors (Lipinski definition) is 6. The molecule has 1 heterocycles. The molecule has 0 saturated carbocycles. The van der Waals surface area contributed by atoms with E-state index in [0.29, 0.717) is 23.9 Å². The fourth-order valence-corrected chi connectivity index (χ4v) is 4.65. The van der Waals surface area contributed by atoms with Gasteiger partial charge in [0.15, 0.2) is 5.82 Å². The fraction of sp³-hybridized carbons (Fsp3) is 0.324. The molecule has 0 spiro atoms. The van der Waals surface area contributed by atoms with Crippen LogP contribution in [0.4, 0.5) is 0 Å². The van der Waals surface area contributed by atoms with Crippen LogP contribution in [0.15, 0.2) is 85.2 Å². The summed E-state index contributed by atoms with van der Waals surface area (Å²) in [7, 11) is 0. The van der Waals surface area contributed by atoms with Crippen LogP contribution in [-0.4, -0.2) is 52.1 Å². The molecule has 46 heavy (non-hydrogen) atoms. The van der Waals surface area contributed by atoms with Gasteiger partial charge in [-0.1, -0.05) is 83.1 Å². The lowest BCUT2D eigenvalue weighted by Gasteiger charge is -2.20. The highest BCUT2D eigenvalue weighted by molar-refractivity contribution is 5.97. The van der Waals surface area contributed by atoms with Crippen molar-refractivity contribution < 1.29 is 24.2 Å². The standard InChI is InChI=1S/C37H42N4O5/c1-24(2)23-46-31-16-12-26(13-17-31)29-21-39-34(40-22-29)27-8-6-25(7-9-27)20-32(36(45)38-19-18-33(42)43)41-35(44)28-10-14-30(15-11-28)37(3,4)5/h6-17,21-22,24,32H,18-20,23H2,1-5H3,(H,38,45)(H,41,44)(H,42,43)/t32-/m0/s1. The number of amides is 2. The minimum absolute atomic E-state index is 0.0385. The molecule has 3 aromatic carbocycles. The molecule has 9 heteroatoms. The molecular weight excluding hydrogens is 580 g/mol. The lowest BCUT2D eigenvalue weighted by molar-refractivity contribution is -0.137. The van der Waals surface area contributed by atoms with Crippen molar-refractivity contribution in [2.75, 3.05) is 13.2 Å². The zero-order valence-electron chi connectivity index (χ0n) is 27.0. The normalized spacial score (nSPS) is 12.0. The molecule has 0 bridgehead atoms. The highest BCUT2D eigenvalue weighted by Crippen LogP contribution is 2.24. The fourth-order valence-electron chi connectivity index (χ4n) is 4.65. The molecule has 4 rings (SSSR count). The van der Waals surface area contributed by atoms with Crippen LogP contribution in [0.2, 0.25) is 0 Å². The molecule has 0 aliphatic heterocycles. The van der Waals surface area contributed by atoms with Crippen molar-refractivity contribution in [1.82, 2.24) is 20.6 Å². The summed E-state index contributed by atoms with van der Waals surface area (Å²) in [6, 6.07) is 21.7. The number of carboxylic acid groups (broad SMARTS) is 1. The lowest BCUT2D eigenvalue weighted by Crippen LogP contribution is -2.48. The van der Waals surface area contributed by atoms with Crippen LogP contribution in [0.25, 0.3) is 22.5 Å². The third kappa shape index (κ3) is 9.72. The van der Waals surface area contributed by atoms with Gasteiger partial charge >= 0.3 is 5.97 Å². The molecule has 0 aliphatic carbocycles. The number of carbonyl (C=O) groups excluding carboxylic acids is 2. The molecule has 0 unspecified atom stereocenters. The Kier molecular flexibility index (Phi) is 11.2. The van der Waals surface area contributed by atoms with Gasteiger partial charge in [-0.05, 0) is 52.3 Å². The zero-order chi connectivity index (χ0) is 33.3. The summed E-state index contributed by atoms with van der Waals surface area (Å²) in [5.74, 6) is -0.0270. The monoisotopic (exact) mass is 622 g/mol. The molecule has 9 nitrogen and oxygen atoms in total. The average molecular weight is 623 g/mol. The highest BCUT2D eigenvalue weighted by atomic mass is 16.5. The van der Waals surface area contributed by atoms with E-state index in [4.69, 9.17) is 9.84 Å². The number of ether oxygens (including phenoxy) is 1. The second-order valence-corrected chi connectivity index (χ2v) is 12.7. The predicted octanol–water partition coefficient (Wildman–Crippen LogP) is 6.07. The Morgan fingerprint density at radius 1 is 0.826 bits per heavy atom. The van der Waals surface area contributed by atoms with E-state index in [1.54, 1.807) is 24.5 Å². The van der Waals surface area contributed by atoms with Crippen molar-refractivity contribution in [2.45, 2.75) is 58.9 Å². The van der Waals surface area contributed by atoms with Crippen LogP contribution in [0.5, 0.6) is 5.75 Å². The number of carbonyl (C=O) groups is 3. The van der Waals surface area contributed by atoms with Gasteiger partial charge in [0.2, 0.25) is 5.91 Å². The molecule has 0 aliphatic rings. The summed E-state index contributed by atoms with van der Waals surface area (Å²) < 4.78 is 5.77. The van der Waals surface area contributed by atoms with E-state index in [1.165, 1.54) is 0 Å². The molecule has 3 N–H and O–H groups in total. The Morgan fingerprint density at radius 3 is 2.00 bits per heavy atom. The second-order valence-electron chi connectivity index (χ2n) is 12.7. The third-order valence-corrected chi connectivity index (χ3v) is 7.35. The summed E-state index contributed by atoms with van der Waals surface area (Å²) in [6.07, 6.45) is 3.55. The van der Waals surface area contributed by atoms with Crippen molar-refractivity contribution >= 4 is 17.8 Å². The van der Waals surface area contributed by atoms with Crippen molar-refractivity contribution in [3.8, 4) is 28.3 Å². The van der Waals surface area contributed by atoms with E-state index in [1.807, 2.05) is 60.7 Å². The van der Waals surface area contributed by atoms with Gasteiger partial charge in [0.1, 0.15) is 11.8 Å². The molecule has 0 fully saturated rings. The second kappa shape index (κ2) is 15.3. The van der Waals surface area contributed by atoms with E-state index >= 15 is 0 Å². The van der Waals surface area contributed by atoms with Gasteiger partial charge in [0, 0.05) is 42.0 Å². The number of hydrogen-bond donors (Lipinski definition) is 3. The number of rotatable bonds is 13. The number of aromatic nitrogens is 2. The van der Waals surface area contributed by atoms with Crippen LogP contribution in [0.1, 0.15) is 62.5 Å². The Labute approximate surface area is 270 Å². The molecule has 2 amide bonds. The van der Waals surface area contributed by atoms with Gasteiger partial charge in [0.25, 0.3) is 5.91 Å². The maximum atomic E-state index is 13.1. The van der Waals surface area contributed by atoms with Crippen LogP contribution < -0.4 is 15.4 Å². The summed E-state index contributed by atoms with van der Waals surface area (Å²) in [4.78, 5) is 46.2. The number of nitrogens with zero attached hydrogens (tertiary/aromatic N) is 2. The van der Waals surface area contributed by atoms with Crippen molar-refractivity contribution in [2.24, 2.45) is 5.92 Å². The van der Waals surface area contributed by atoms with Gasteiger partial charge in [-0.25, -0.2) is 9.97 Å². The minimum atomic E-state index is -1.02. The van der Waals surface area contributed by atoms with Crippen molar-refractivity contribution in [1.29, 1.82) is 0 Å². The number of carboxylic acids is 1. The molecule has 1 atom stereocenters. The highest BCUT2D eigenvalue weighted by Gasteiger charge is 2.23. The van der Waals surface area contributed by atoms with E-state index in [0.717, 1.165) is 33.6 Å². The van der Waals surface area contributed by atoms with Crippen LogP contribution in [-0.2, 0) is 21.4 Å². The molecular formula is C37H42N4O5. The largest absolute Gasteiger partial charge is 0.493 e. The first-order valence-corrected chi connectivity index (χ1v) is 15.4. The van der Waals surface area contributed by atoms with E-state index < -0.39 is 17.9 Å².